The van der Waals surface area contributed by atoms with Crippen molar-refractivity contribution in [3.63, 3.8) is 0 Å². The Bertz CT molecular complexity index is 1480. The first-order valence-corrected chi connectivity index (χ1v) is 11.3. The van der Waals surface area contributed by atoms with Gasteiger partial charge in [0, 0.05) is 16.8 Å². The highest BCUT2D eigenvalue weighted by Crippen LogP contribution is 2.33. The van der Waals surface area contributed by atoms with Gasteiger partial charge in [-0.05, 0) is 73.0 Å². The number of carbonyl (C=O) groups excluding carboxylic acids is 1. The van der Waals surface area contributed by atoms with Gasteiger partial charge in [0.05, 0.1) is 22.3 Å². The number of rotatable bonds is 4. The number of fused-ring (bicyclic) bond motifs is 2. The van der Waals surface area contributed by atoms with Crippen LogP contribution in [0.2, 0.25) is 0 Å². The number of hydrogen-bond acceptors (Lipinski definition) is 6. The van der Waals surface area contributed by atoms with Crippen LogP contribution < -0.4 is 5.32 Å². The number of ketones is 1. The summed E-state index contributed by atoms with van der Waals surface area (Å²) in [4.78, 5) is 13.5. The van der Waals surface area contributed by atoms with E-state index in [1.54, 1.807) is 11.6 Å². The van der Waals surface area contributed by atoms with Gasteiger partial charge in [0.15, 0.2) is 5.78 Å². The predicted molar refractivity (Wildman–Crippen MR) is 132 cm³/mol. The summed E-state index contributed by atoms with van der Waals surface area (Å²) in [5.41, 5.74) is 7.13. The molecule has 1 aliphatic rings. The number of nitrogens with one attached hydrogen (secondary N) is 2. The van der Waals surface area contributed by atoms with Crippen LogP contribution in [-0.2, 0) is 13.0 Å². The van der Waals surface area contributed by atoms with Gasteiger partial charge in [0.25, 0.3) is 0 Å². The molecule has 2 N–H and O–H groups in total. The Balaban J connectivity index is 0.00000228. The first kappa shape index (κ1) is 21.5. The Kier molecular flexibility index (Phi) is 5.57. The number of aromatic nitrogens is 5. The second-order valence-corrected chi connectivity index (χ2v) is 9.06. The van der Waals surface area contributed by atoms with Crippen LogP contribution in [-0.4, -0.2) is 37.5 Å². The third kappa shape index (κ3) is 3.86. The first-order chi connectivity index (χ1) is 15.7. The zero-order valence-corrected chi connectivity index (χ0v) is 19.5. The minimum atomic E-state index is 0. The molecular weight excluding hydrogens is 456 g/mol. The van der Waals surface area contributed by atoms with Crippen molar-refractivity contribution in [2.75, 3.05) is 6.54 Å². The maximum atomic E-state index is 11.7. The second kappa shape index (κ2) is 8.55. The summed E-state index contributed by atoms with van der Waals surface area (Å²) >= 11 is 1.50. The number of nitrogens with zero attached hydrogens (tertiary/aromatic N) is 4. The average Bonchev–Trinajstić information content (AvgIpc) is 3.57. The minimum Gasteiger partial charge on any atom is -0.312 e. The number of hydrogen-bond donors (Lipinski definition) is 2. The van der Waals surface area contributed by atoms with Crippen LogP contribution in [0.25, 0.3) is 38.4 Å². The normalized spacial score (nSPS) is 13.0. The van der Waals surface area contributed by atoms with Crippen LogP contribution in [0.1, 0.15) is 27.7 Å². The lowest BCUT2D eigenvalue weighted by Crippen LogP contribution is -2.23. The molecule has 33 heavy (non-hydrogen) atoms. The Morgan fingerprint density at radius 1 is 1.09 bits per heavy atom. The van der Waals surface area contributed by atoms with Gasteiger partial charge < -0.3 is 5.32 Å². The van der Waals surface area contributed by atoms with Gasteiger partial charge in [0.2, 0.25) is 0 Å². The van der Waals surface area contributed by atoms with Crippen molar-refractivity contribution >= 4 is 40.4 Å². The molecule has 0 fully saturated rings. The highest BCUT2D eigenvalue weighted by molar-refractivity contribution is 7.17. The third-order valence-corrected chi connectivity index (χ3v) is 7.11. The van der Waals surface area contributed by atoms with Gasteiger partial charge >= 0.3 is 0 Å². The number of H-pyrrole nitrogens is 1. The molecule has 0 amide bonds. The Morgan fingerprint density at radius 3 is 2.85 bits per heavy atom. The lowest BCUT2D eigenvalue weighted by Gasteiger charge is -2.17. The maximum Gasteiger partial charge on any atom is 0.169 e. The SMILES string of the molecule is CC(=O)c1ccc(-c2ccc3[nH]nc(-c4cn(-c5ccc6c(c5)CNCC6)nn4)c3c2)s1.Cl. The van der Waals surface area contributed by atoms with E-state index in [4.69, 9.17) is 0 Å². The Hall–Kier alpha value is -3.33. The molecule has 0 bridgehead atoms. The van der Waals surface area contributed by atoms with Crippen LogP contribution in [0.5, 0.6) is 0 Å². The molecule has 2 aromatic carbocycles. The fraction of sp³-hybridized carbons (Fsp3) is 0.167. The summed E-state index contributed by atoms with van der Waals surface area (Å²) in [6.45, 7) is 3.50. The number of benzene rings is 2. The first-order valence-electron chi connectivity index (χ1n) is 10.5. The molecule has 0 aliphatic carbocycles. The van der Waals surface area contributed by atoms with E-state index in [1.165, 1.54) is 22.5 Å². The van der Waals surface area contributed by atoms with E-state index in [0.29, 0.717) is 5.69 Å². The summed E-state index contributed by atoms with van der Waals surface area (Å²) in [6, 6.07) is 16.4. The van der Waals surface area contributed by atoms with E-state index >= 15 is 0 Å². The van der Waals surface area contributed by atoms with Crippen molar-refractivity contribution in [2.45, 2.75) is 19.9 Å². The third-order valence-electron chi connectivity index (χ3n) is 5.88. The molecule has 0 saturated heterocycles. The molecule has 1 aliphatic heterocycles. The molecule has 0 atom stereocenters. The number of carbonyl (C=O) groups is 1. The van der Waals surface area contributed by atoms with E-state index in [-0.39, 0.29) is 18.2 Å². The van der Waals surface area contributed by atoms with Crippen molar-refractivity contribution in [2.24, 2.45) is 0 Å². The fourth-order valence-corrected chi connectivity index (χ4v) is 5.05. The molecular formula is C24H21ClN6OS. The van der Waals surface area contributed by atoms with Crippen molar-refractivity contribution in [1.29, 1.82) is 0 Å². The topological polar surface area (TPSA) is 88.5 Å². The number of Topliss-reactive ketones (excluding diaryl/α,β-unsaturated/α-hetero) is 1. The van der Waals surface area contributed by atoms with E-state index in [2.05, 4.69) is 50.1 Å². The predicted octanol–water partition coefficient (Wildman–Crippen LogP) is 4.81. The van der Waals surface area contributed by atoms with E-state index in [1.807, 2.05) is 30.5 Å². The Morgan fingerprint density at radius 2 is 2.00 bits per heavy atom. The minimum absolute atomic E-state index is 0. The molecule has 4 heterocycles. The van der Waals surface area contributed by atoms with Gasteiger partial charge in [-0.2, -0.15) is 5.10 Å². The molecule has 7 nitrogen and oxygen atoms in total. The highest BCUT2D eigenvalue weighted by atomic mass is 35.5. The molecule has 6 rings (SSSR count). The lowest BCUT2D eigenvalue weighted by molar-refractivity contribution is 0.102. The average molecular weight is 477 g/mol. The van der Waals surface area contributed by atoms with Crippen molar-refractivity contribution in [3.8, 4) is 27.5 Å². The molecule has 5 aromatic rings. The number of thiophene rings is 1. The van der Waals surface area contributed by atoms with E-state index in [9.17, 15) is 4.79 Å². The number of halogens is 1. The smallest absolute Gasteiger partial charge is 0.169 e. The standard InChI is InChI=1S/C24H20N6OS.ClH/c1-14(31)22-6-7-23(32-22)16-3-5-20-19(11-16)24(28-26-20)21-13-30(29-27-21)18-4-2-15-8-9-25-12-17(15)10-18;/h2-7,10-11,13,25H,8-9,12H2,1H3,(H,26,28);1H. The lowest BCUT2D eigenvalue weighted by atomic mass is 10.0. The molecule has 0 spiro atoms. The molecule has 3 aromatic heterocycles. The summed E-state index contributed by atoms with van der Waals surface area (Å²) < 4.78 is 1.80. The summed E-state index contributed by atoms with van der Waals surface area (Å²) in [5, 5.41) is 20.8. The molecule has 0 radical (unpaired) electrons. The summed E-state index contributed by atoms with van der Waals surface area (Å²) in [7, 11) is 0. The van der Waals surface area contributed by atoms with Crippen molar-refractivity contribution in [3.05, 3.63) is 70.7 Å². The zero-order chi connectivity index (χ0) is 21.7. The monoisotopic (exact) mass is 476 g/mol. The largest absolute Gasteiger partial charge is 0.312 e. The zero-order valence-electron chi connectivity index (χ0n) is 17.8. The second-order valence-electron chi connectivity index (χ2n) is 7.98. The summed E-state index contributed by atoms with van der Waals surface area (Å²) in [5.74, 6) is 0.0842. The van der Waals surface area contributed by atoms with Gasteiger partial charge in [-0.1, -0.05) is 17.3 Å². The van der Waals surface area contributed by atoms with E-state index in [0.717, 1.165) is 57.1 Å². The fourth-order valence-electron chi connectivity index (χ4n) is 4.15. The van der Waals surface area contributed by atoms with Gasteiger partial charge in [-0.25, -0.2) is 4.68 Å². The highest BCUT2D eigenvalue weighted by Gasteiger charge is 2.16. The van der Waals surface area contributed by atoms with Crippen LogP contribution in [0.15, 0.2) is 54.7 Å². The molecule has 166 valence electrons. The summed E-state index contributed by atoms with van der Waals surface area (Å²) in [6.07, 6.45) is 2.97. The molecule has 0 unspecified atom stereocenters. The Labute approximate surface area is 200 Å². The van der Waals surface area contributed by atoms with Gasteiger partial charge in [-0.3, -0.25) is 9.89 Å². The van der Waals surface area contributed by atoms with Crippen molar-refractivity contribution < 1.29 is 4.79 Å². The van der Waals surface area contributed by atoms with E-state index < -0.39 is 0 Å². The van der Waals surface area contributed by atoms with Gasteiger partial charge in [-0.15, -0.1) is 28.8 Å². The van der Waals surface area contributed by atoms with Crippen molar-refractivity contribution in [1.82, 2.24) is 30.5 Å². The van der Waals surface area contributed by atoms with Crippen LogP contribution in [0.3, 0.4) is 0 Å². The van der Waals surface area contributed by atoms with Gasteiger partial charge in [0.1, 0.15) is 11.4 Å². The quantitative estimate of drug-likeness (QED) is 0.363. The van der Waals surface area contributed by atoms with Crippen LogP contribution in [0, 0.1) is 0 Å². The molecule has 0 saturated carbocycles. The maximum absolute atomic E-state index is 11.7. The molecule has 9 heteroatoms. The van der Waals surface area contributed by atoms with Crippen LogP contribution in [0.4, 0.5) is 0 Å². The van der Waals surface area contributed by atoms with Crippen LogP contribution >= 0.6 is 23.7 Å². The number of aromatic amines is 1.